The number of phenolic OH excluding ortho intramolecular Hbond substituents is 1. The predicted molar refractivity (Wildman–Crippen MR) is 83.9 cm³/mol. The normalized spacial score (nSPS) is 12.1. The van der Waals surface area contributed by atoms with E-state index < -0.39 is 6.10 Å². The summed E-state index contributed by atoms with van der Waals surface area (Å²) in [5.74, 6) is 0.0637. The van der Waals surface area contributed by atoms with Crippen LogP contribution in [0.5, 0.6) is 5.75 Å². The Morgan fingerprint density at radius 2 is 1.81 bits per heavy atom. The molecule has 1 unspecified atom stereocenters. The Bertz CT molecular complexity index is 611. The van der Waals surface area contributed by atoms with Crippen molar-refractivity contribution >= 4 is 17.1 Å². The average molecular weight is 289 g/mol. The minimum Gasteiger partial charge on any atom is -0.508 e. The predicted octanol–water partition coefficient (Wildman–Crippen LogP) is 0.989. The molecule has 0 amide bonds. The summed E-state index contributed by atoms with van der Waals surface area (Å²) in [4.78, 5) is 0. The van der Waals surface area contributed by atoms with E-state index in [0.717, 1.165) is 11.3 Å². The quantitative estimate of drug-likeness (QED) is 0.456. The smallest absolute Gasteiger partial charge is 0.118 e. The molecule has 0 aromatic heterocycles. The third-order valence-corrected chi connectivity index (χ3v) is 3.03. The summed E-state index contributed by atoms with van der Waals surface area (Å²) < 4.78 is 0. The van der Waals surface area contributed by atoms with Crippen molar-refractivity contribution in [2.75, 3.05) is 29.9 Å². The second kappa shape index (κ2) is 6.34. The van der Waals surface area contributed by atoms with Crippen molar-refractivity contribution in [3.63, 3.8) is 0 Å². The van der Waals surface area contributed by atoms with Gasteiger partial charge in [0.05, 0.1) is 12.7 Å². The highest BCUT2D eigenvalue weighted by Crippen LogP contribution is 2.33. The molecule has 0 heterocycles. The maximum Gasteiger partial charge on any atom is 0.118 e. The molecule has 8 N–H and O–H groups in total. The van der Waals surface area contributed by atoms with Gasteiger partial charge in [0.2, 0.25) is 0 Å². The van der Waals surface area contributed by atoms with Crippen LogP contribution in [0, 0.1) is 0 Å². The van der Waals surface area contributed by atoms with E-state index in [1.165, 1.54) is 6.07 Å². The average Bonchev–Trinajstić information content (AvgIpc) is 2.44. The molecule has 2 aromatic rings. The van der Waals surface area contributed by atoms with Crippen molar-refractivity contribution in [3.8, 4) is 16.9 Å². The van der Waals surface area contributed by atoms with E-state index in [-0.39, 0.29) is 18.9 Å². The molecule has 1 atom stereocenters. The largest absolute Gasteiger partial charge is 0.508 e. The van der Waals surface area contributed by atoms with E-state index in [0.29, 0.717) is 16.9 Å². The molecule has 21 heavy (non-hydrogen) atoms. The molecule has 6 nitrogen and oxygen atoms in total. The van der Waals surface area contributed by atoms with Gasteiger partial charge in [-0.1, -0.05) is 0 Å². The molecule has 0 radical (unpaired) electrons. The lowest BCUT2D eigenvalue weighted by Crippen LogP contribution is -2.23. The van der Waals surface area contributed by atoms with E-state index in [2.05, 4.69) is 5.32 Å². The van der Waals surface area contributed by atoms with Gasteiger partial charge in [-0.05, 0) is 35.9 Å². The van der Waals surface area contributed by atoms with Crippen LogP contribution in [-0.2, 0) is 0 Å². The number of nitrogen functional groups attached to an aromatic ring is 2. The van der Waals surface area contributed by atoms with Gasteiger partial charge in [0.25, 0.3) is 0 Å². The summed E-state index contributed by atoms with van der Waals surface area (Å²) in [6.45, 7) is -0.127. The number of nitrogens with two attached hydrogens (primary N) is 2. The molecule has 0 aliphatic carbocycles. The van der Waals surface area contributed by atoms with E-state index >= 15 is 0 Å². The fourth-order valence-electron chi connectivity index (χ4n) is 2.04. The first kappa shape index (κ1) is 15.0. The molecule has 0 saturated heterocycles. The molecular weight excluding hydrogens is 270 g/mol. The SMILES string of the molecule is Nc1cc(O)cc(-c2cc(N)ccc2NCC(O)CO)c1. The van der Waals surface area contributed by atoms with Gasteiger partial charge in [0.15, 0.2) is 0 Å². The Hall–Kier alpha value is -2.44. The minimum absolute atomic E-state index is 0.0637. The standard InChI is InChI=1S/C15H19N3O3/c16-10-1-2-15(18-7-13(21)8-19)14(6-10)9-3-11(17)5-12(20)4-9/h1-6,13,18-21H,7-8,16-17H2. The molecule has 0 saturated carbocycles. The van der Waals surface area contributed by atoms with Crippen LogP contribution in [-0.4, -0.2) is 34.6 Å². The summed E-state index contributed by atoms with van der Waals surface area (Å²) in [5.41, 5.74) is 14.7. The minimum atomic E-state index is -0.857. The first-order chi connectivity index (χ1) is 9.99. The van der Waals surface area contributed by atoms with Gasteiger partial charge in [-0.2, -0.15) is 0 Å². The number of hydrogen-bond acceptors (Lipinski definition) is 6. The molecule has 0 fully saturated rings. The lowest BCUT2D eigenvalue weighted by atomic mass is 10.0. The Balaban J connectivity index is 2.38. The molecule has 2 aromatic carbocycles. The van der Waals surface area contributed by atoms with Gasteiger partial charge < -0.3 is 32.1 Å². The van der Waals surface area contributed by atoms with Gasteiger partial charge >= 0.3 is 0 Å². The molecule has 0 aliphatic rings. The zero-order valence-electron chi connectivity index (χ0n) is 11.5. The van der Waals surface area contributed by atoms with Gasteiger partial charge in [0.1, 0.15) is 5.75 Å². The number of anilines is 3. The van der Waals surface area contributed by atoms with Crippen LogP contribution in [0.2, 0.25) is 0 Å². The summed E-state index contributed by atoms with van der Waals surface area (Å²) in [5, 5.41) is 31.0. The number of benzene rings is 2. The number of phenols is 1. The molecule has 2 rings (SSSR count). The van der Waals surface area contributed by atoms with Gasteiger partial charge in [-0.15, -0.1) is 0 Å². The topological polar surface area (TPSA) is 125 Å². The van der Waals surface area contributed by atoms with Crippen molar-refractivity contribution in [1.82, 2.24) is 0 Å². The Labute approximate surface area is 122 Å². The van der Waals surface area contributed by atoms with E-state index in [4.69, 9.17) is 16.6 Å². The molecular formula is C15H19N3O3. The van der Waals surface area contributed by atoms with Gasteiger partial charge in [-0.25, -0.2) is 0 Å². The van der Waals surface area contributed by atoms with E-state index in [9.17, 15) is 10.2 Å². The number of aliphatic hydroxyl groups excluding tert-OH is 2. The van der Waals surface area contributed by atoms with Crippen LogP contribution < -0.4 is 16.8 Å². The lowest BCUT2D eigenvalue weighted by Gasteiger charge is -2.15. The highest BCUT2D eigenvalue weighted by Gasteiger charge is 2.09. The van der Waals surface area contributed by atoms with Crippen molar-refractivity contribution in [2.24, 2.45) is 0 Å². The van der Waals surface area contributed by atoms with Crippen molar-refractivity contribution in [1.29, 1.82) is 0 Å². The van der Waals surface area contributed by atoms with Crippen molar-refractivity contribution in [3.05, 3.63) is 36.4 Å². The first-order valence-electron chi connectivity index (χ1n) is 6.52. The fourth-order valence-corrected chi connectivity index (χ4v) is 2.04. The number of nitrogens with one attached hydrogen (secondary N) is 1. The fraction of sp³-hybridized carbons (Fsp3) is 0.200. The summed E-state index contributed by atoms with van der Waals surface area (Å²) in [6.07, 6.45) is -0.857. The van der Waals surface area contributed by atoms with Gasteiger partial charge in [-0.3, -0.25) is 0 Å². The van der Waals surface area contributed by atoms with Crippen LogP contribution in [0.3, 0.4) is 0 Å². The molecule has 112 valence electrons. The second-order valence-electron chi connectivity index (χ2n) is 4.84. The van der Waals surface area contributed by atoms with E-state index in [1.807, 2.05) is 0 Å². The zero-order valence-corrected chi connectivity index (χ0v) is 11.5. The number of aromatic hydroxyl groups is 1. The molecule has 0 bridgehead atoms. The monoisotopic (exact) mass is 289 g/mol. The van der Waals surface area contributed by atoms with Crippen LogP contribution in [0.15, 0.2) is 36.4 Å². The third-order valence-electron chi connectivity index (χ3n) is 3.03. The first-order valence-corrected chi connectivity index (χ1v) is 6.52. The van der Waals surface area contributed by atoms with Crippen LogP contribution in [0.1, 0.15) is 0 Å². The van der Waals surface area contributed by atoms with Crippen molar-refractivity contribution in [2.45, 2.75) is 6.10 Å². The van der Waals surface area contributed by atoms with Crippen molar-refractivity contribution < 1.29 is 15.3 Å². The third kappa shape index (κ3) is 3.77. The molecule has 0 spiro atoms. The molecule has 0 aliphatic heterocycles. The van der Waals surface area contributed by atoms with Gasteiger partial charge in [0, 0.05) is 35.2 Å². The van der Waals surface area contributed by atoms with Crippen LogP contribution >= 0.6 is 0 Å². The Morgan fingerprint density at radius 3 is 2.48 bits per heavy atom. The molecule has 6 heteroatoms. The Morgan fingerprint density at radius 1 is 1.05 bits per heavy atom. The summed E-state index contributed by atoms with van der Waals surface area (Å²) in [6, 6.07) is 10.0. The zero-order chi connectivity index (χ0) is 15.4. The highest BCUT2D eigenvalue weighted by molar-refractivity contribution is 5.82. The number of rotatable bonds is 5. The number of aliphatic hydroxyl groups is 2. The van der Waals surface area contributed by atoms with Crippen LogP contribution in [0.4, 0.5) is 17.1 Å². The number of hydrogen-bond donors (Lipinski definition) is 6. The Kier molecular flexibility index (Phi) is 4.52. The second-order valence-corrected chi connectivity index (χ2v) is 4.84. The maximum absolute atomic E-state index is 9.67. The highest BCUT2D eigenvalue weighted by atomic mass is 16.3. The summed E-state index contributed by atoms with van der Waals surface area (Å²) in [7, 11) is 0. The van der Waals surface area contributed by atoms with Crippen LogP contribution in [0.25, 0.3) is 11.1 Å². The summed E-state index contributed by atoms with van der Waals surface area (Å²) >= 11 is 0. The van der Waals surface area contributed by atoms with E-state index in [1.54, 1.807) is 30.3 Å². The maximum atomic E-state index is 9.67. The lowest BCUT2D eigenvalue weighted by molar-refractivity contribution is 0.105.